The van der Waals surface area contributed by atoms with Crippen molar-refractivity contribution in [3.63, 3.8) is 0 Å². The van der Waals surface area contributed by atoms with Gasteiger partial charge in [-0.2, -0.15) is 0 Å². The van der Waals surface area contributed by atoms with E-state index < -0.39 is 0 Å². The number of ether oxygens (including phenoxy) is 1. The van der Waals surface area contributed by atoms with Crippen LogP contribution in [0.3, 0.4) is 0 Å². The predicted molar refractivity (Wildman–Crippen MR) is 63.6 cm³/mol. The molecule has 0 atom stereocenters. The van der Waals surface area contributed by atoms with E-state index in [-0.39, 0.29) is 5.60 Å². The van der Waals surface area contributed by atoms with E-state index in [9.17, 15) is 0 Å². The molecule has 1 spiro atoms. The zero-order chi connectivity index (χ0) is 11.8. The van der Waals surface area contributed by atoms with Crippen LogP contribution >= 0.6 is 0 Å². The first-order chi connectivity index (χ1) is 7.60. The highest BCUT2D eigenvalue weighted by atomic mass is 16.5. The Morgan fingerprint density at radius 1 is 1.25 bits per heavy atom. The molecule has 0 radical (unpaired) electrons. The highest BCUT2D eigenvalue weighted by Crippen LogP contribution is 2.43. The fourth-order valence-corrected chi connectivity index (χ4v) is 2.70. The Balaban J connectivity index is 2.39. The van der Waals surface area contributed by atoms with E-state index in [4.69, 9.17) is 16.3 Å². The molecule has 1 aliphatic carbocycles. The molecule has 2 rings (SSSR count). The summed E-state index contributed by atoms with van der Waals surface area (Å²) in [7, 11) is 0. The summed E-state index contributed by atoms with van der Waals surface area (Å²) in [6, 6.07) is 0. The van der Waals surface area contributed by atoms with E-state index in [0.717, 1.165) is 30.0 Å². The van der Waals surface area contributed by atoms with Crippen LogP contribution in [0.2, 0.25) is 0 Å². The molecular formula is C12H21N3O. The van der Waals surface area contributed by atoms with Gasteiger partial charge in [0.15, 0.2) is 5.60 Å². The van der Waals surface area contributed by atoms with E-state index >= 15 is 0 Å². The standard InChI is InChI=1S/C12H21N3O/c1-9-10(2)16-12(6-4-3-5-7-12)11(8-13)15(9)14/h8H,3-7,13-14H2,1-2H3/b11-8-. The summed E-state index contributed by atoms with van der Waals surface area (Å²) in [6.07, 6.45) is 7.24. The summed E-state index contributed by atoms with van der Waals surface area (Å²) in [5.74, 6) is 6.99. The largest absolute Gasteiger partial charge is 0.484 e. The van der Waals surface area contributed by atoms with Gasteiger partial charge in [0, 0.05) is 6.20 Å². The van der Waals surface area contributed by atoms with Crippen molar-refractivity contribution in [2.75, 3.05) is 0 Å². The van der Waals surface area contributed by atoms with Gasteiger partial charge in [-0.25, -0.2) is 5.84 Å². The average Bonchev–Trinajstić information content (AvgIpc) is 2.28. The maximum absolute atomic E-state index is 6.11. The maximum atomic E-state index is 6.11. The Labute approximate surface area is 96.9 Å². The number of hydrogen-bond acceptors (Lipinski definition) is 4. The second-order valence-electron chi connectivity index (χ2n) is 4.72. The number of nitrogens with zero attached hydrogens (tertiary/aromatic N) is 1. The monoisotopic (exact) mass is 223 g/mol. The van der Waals surface area contributed by atoms with Gasteiger partial charge in [-0.05, 0) is 39.5 Å². The minimum atomic E-state index is -0.272. The third-order valence-electron chi connectivity index (χ3n) is 3.76. The zero-order valence-electron chi connectivity index (χ0n) is 10.1. The number of rotatable bonds is 0. The summed E-state index contributed by atoms with van der Waals surface area (Å²) in [5, 5.41) is 1.68. The average molecular weight is 223 g/mol. The molecule has 16 heavy (non-hydrogen) atoms. The van der Waals surface area contributed by atoms with E-state index in [1.54, 1.807) is 11.2 Å². The fraction of sp³-hybridized carbons (Fsp3) is 0.667. The molecule has 4 N–H and O–H groups in total. The Kier molecular flexibility index (Phi) is 2.84. The molecular weight excluding hydrogens is 202 g/mol. The van der Waals surface area contributed by atoms with Crippen LogP contribution in [0.5, 0.6) is 0 Å². The summed E-state index contributed by atoms with van der Waals surface area (Å²) < 4.78 is 6.11. The lowest BCUT2D eigenvalue weighted by Gasteiger charge is -2.46. The normalized spacial score (nSPS) is 27.4. The molecule has 0 amide bonds. The second kappa shape index (κ2) is 4.01. The van der Waals surface area contributed by atoms with E-state index in [2.05, 4.69) is 0 Å². The minimum Gasteiger partial charge on any atom is -0.484 e. The summed E-state index contributed by atoms with van der Waals surface area (Å²) in [4.78, 5) is 0. The molecule has 4 heteroatoms. The Morgan fingerprint density at radius 2 is 1.88 bits per heavy atom. The van der Waals surface area contributed by atoms with Crippen molar-refractivity contribution in [2.45, 2.75) is 51.6 Å². The molecule has 0 aromatic heterocycles. The minimum absolute atomic E-state index is 0.272. The van der Waals surface area contributed by atoms with Crippen LogP contribution in [0.15, 0.2) is 23.4 Å². The Hall–Kier alpha value is -1.16. The van der Waals surface area contributed by atoms with E-state index in [0.29, 0.717) is 0 Å². The Bertz CT molecular complexity index is 340. The SMILES string of the molecule is CC1=C(C)N(N)/C(=C\N)C2(CCCCC2)O1. The van der Waals surface area contributed by atoms with Crippen molar-refractivity contribution in [3.8, 4) is 0 Å². The van der Waals surface area contributed by atoms with Crippen molar-refractivity contribution >= 4 is 0 Å². The molecule has 90 valence electrons. The molecule has 1 heterocycles. The first kappa shape index (κ1) is 11.3. The van der Waals surface area contributed by atoms with Crippen LogP contribution in [-0.4, -0.2) is 10.6 Å². The zero-order valence-corrected chi connectivity index (χ0v) is 10.1. The number of hydrogen-bond donors (Lipinski definition) is 2. The molecule has 1 saturated carbocycles. The van der Waals surface area contributed by atoms with Crippen molar-refractivity contribution < 1.29 is 4.74 Å². The lowest BCUT2D eigenvalue weighted by atomic mass is 9.81. The highest BCUT2D eigenvalue weighted by Gasteiger charge is 2.43. The predicted octanol–water partition coefficient (Wildman–Crippen LogP) is 1.95. The van der Waals surface area contributed by atoms with Crippen LogP contribution in [0, 0.1) is 0 Å². The van der Waals surface area contributed by atoms with Gasteiger partial charge in [0.2, 0.25) is 0 Å². The van der Waals surface area contributed by atoms with Crippen molar-refractivity contribution in [1.29, 1.82) is 0 Å². The number of nitrogens with two attached hydrogens (primary N) is 2. The van der Waals surface area contributed by atoms with Crippen molar-refractivity contribution in [1.82, 2.24) is 5.01 Å². The van der Waals surface area contributed by atoms with Crippen LogP contribution in [0.25, 0.3) is 0 Å². The van der Waals surface area contributed by atoms with E-state index in [1.165, 1.54) is 19.3 Å². The van der Waals surface area contributed by atoms with Gasteiger partial charge in [-0.3, -0.25) is 5.01 Å². The first-order valence-corrected chi connectivity index (χ1v) is 5.94. The third kappa shape index (κ3) is 1.57. The van der Waals surface area contributed by atoms with E-state index in [1.807, 2.05) is 13.8 Å². The van der Waals surface area contributed by atoms with Crippen LogP contribution in [-0.2, 0) is 4.74 Å². The van der Waals surface area contributed by atoms with Gasteiger partial charge >= 0.3 is 0 Å². The molecule has 0 bridgehead atoms. The third-order valence-corrected chi connectivity index (χ3v) is 3.76. The molecule has 1 fully saturated rings. The topological polar surface area (TPSA) is 64.5 Å². The maximum Gasteiger partial charge on any atom is 0.151 e. The van der Waals surface area contributed by atoms with Crippen molar-refractivity contribution in [3.05, 3.63) is 23.4 Å². The lowest BCUT2D eigenvalue weighted by molar-refractivity contribution is -0.0356. The Morgan fingerprint density at radius 3 is 2.44 bits per heavy atom. The molecule has 0 aromatic carbocycles. The first-order valence-electron chi connectivity index (χ1n) is 5.94. The highest BCUT2D eigenvalue weighted by molar-refractivity contribution is 5.26. The lowest BCUT2D eigenvalue weighted by Crippen LogP contribution is -2.50. The molecule has 0 saturated heterocycles. The summed E-state index contributed by atoms with van der Waals surface area (Å²) in [6.45, 7) is 3.92. The molecule has 4 nitrogen and oxygen atoms in total. The van der Waals surface area contributed by atoms with Gasteiger partial charge in [0.05, 0.1) is 11.4 Å². The smallest absolute Gasteiger partial charge is 0.151 e. The molecule has 0 aromatic rings. The molecule has 2 aliphatic rings. The fourth-order valence-electron chi connectivity index (χ4n) is 2.70. The van der Waals surface area contributed by atoms with Gasteiger partial charge < -0.3 is 10.5 Å². The van der Waals surface area contributed by atoms with Gasteiger partial charge in [0.25, 0.3) is 0 Å². The van der Waals surface area contributed by atoms with Crippen molar-refractivity contribution in [2.24, 2.45) is 11.6 Å². The van der Waals surface area contributed by atoms with Crippen LogP contribution in [0.1, 0.15) is 46.0 Å². The number of allylic oxidation sites excluding steroid dienone is 2. The number of hydrazine groups is 1. The van der Waals surface area contributed by atoms with Gasteiger partial charge in [0.1, 0.15) is 5.76 Å². The summed E-state index contributed by atoms with van der Waals surface area (Å²) >= 11 is 0. The molecule has 1 aliphatic heterocycles. The molecule has 0 unspecified atom stereocenters. The van der Waals surface area contributed by atoms with Gasteiger partial charge in [-0.15, -0.1) is 0 Å². The quantitative estimate of drug-likeness (QED) is 0.616. The van der Waals surface area contributed by atoms with Gasteiger partial charge in [-0.1, -0.05) is 6.42 Å². The second-order valence-corrected chi connectivity index (χ2v) is 4.72. The van der Waals surface area contributed by atoms with Crippen LogP contribution in [0.4, 0.5) is 0 Å². The van der Waals surface area contributed by atoms with Crippen LogP contribution < -0.4 is 11.6 Å². The summed E-state index contributed by atoms with van der Waals surface area (Å²) in [5.41, 5.74) is 7.30.